The molecule has 1 atom stereocenters. The molecule has 0 spiro atoms. The van der Waals surface area contributed by atoms with E-state index < -0.39 is 30.4 Å². The van der Waals surface area contributed by atoms with Crippen molar-refractivity contribution in [3.63, 3.8) is 0 Å². The molecule has 156 valence electrons. The van der Waals surface area contributed by atoms with Gasteiger partial charge in [0.25, 0.3) is 0 Å². The van der Waals surface area contributed by atoms with Gasteiger partial charge in [0.05, 0.1) is 6.42 Å². The van der Waals surface area contributed by atoms with Crippen molar-refractivity contribution in [2.24, 2.45) is 0 Å². The van der Waals surface area contributed by atoms with Gasteiger partial charge in [-0.25, -0.2) is 4.79 Å². The summed E-state index contributed by atoms with van der Waals surface area (Å²) in [6, 6.07) is 14.7. The van der Waals surface area contributed by atoms with Crippen LogP contribution in [-0.4, -0.2) is 54.2 Å². The molecule has 0 radical (unpaired) electrons. The van der Waals surface area contributed by atoms with Gasteiger partial charge in [0, 0.05) is 19.5 Å². The Kier molecular flexibility index (Phi) is 6.51. The first-order valence-corrected chi connectivity index (χ1v) is 9.61. The van der Waals surface area contributed by atoms with Crippen molar-refractivity contribution in [1.29, 1.82) is 0 Å². The Balaban J connectivity index is 1.69. The number of rotatable bonds is 8. The zero-order chi connectivity index (χ0) is 21.7. The van der Waals surface area contributed by atoms with Crippen molar-refractivity contribution in [2.75, 3.05) is 20.2 Å². The standard InChI is InChI=1S/C23H24N2O5/c1-3-12-25(2)22(28)20(13-21(26)27)24-23(29)30-14-19-17-10-6-4-8-15(17)16-9-5-7-11-18(16)19/h3-11,19-20H,1,12-14H2,2H3,(H,24,29)(H,26,27). The Morgan fingerprint density at radius 3 is 2.23 bits per heavy atom. The van der Waals surface area contributed by atoms with Gasteiger partial charge >= 0.3 is 12.1 Å². The Morgan fingerprint density at radius 2 is 1.70 bits per heavy atom. The quantitative estimate of drug-likeness (QED) is 0.655. The van der Waals surface area contributed by atoms with E-state index in [0.29, 0.717) is 0 Å². The topological polar surface area (TPSA) is 95.9 Å². The maximum absolute atomic E-state index is 12.4. The highest BCUT2D eigenvalue weighted by molar-refractivity contribution is 5.89. The number of amides is 2. The fraction of sp³-hybridized carbons (Fsp3) is 0.261. The molecule has 0 heterocycles. The predicted molar refractivity (Wildman–Crippen MR) is 112 cm³/mol. The average molecular weight is 408 g/mol. The number of carbonyl (C=O) groups excluding carboxylic acids is 2. The van der Waals surface area contributed by atoms with Crippen molar-refractivity contribution < 1.29 is 24.2 Å². The largest absolute Gasteiger partial charge is 0.481 e. The highest BCUT2D eigenvalue weighted by atomic mass is 16.5. The van der Waals surface area contributed by atoms with Crippen LogP contribution in [-0.2, 0) is 14.3 Å². The number of benzene rings is 2. The third kappa shape index (κ3) is 4.51. The molecule has 0 aliphatic heterocycles. The summed E-state index contributed by atoms with van der Waals surface area (Å²) in [7, 11) is 1.51. The summed E-state index contributed by atoms with van der Waals surface area (Å²) in [6.45, 7) is 3.87. The lowest BCUT2D eigenvalue weighted by atomic mass is 9.98. The van der Waals surface area contributed by atoms with Crippen LogP contribution in [0.1, 0.15) is 23.5 Å². The molecule has 2 N–H and O–H groups in total. The summed E-state index contributed by atoms with van der Waals surface area (Å²) in [4.78, 5) is 37.3. The van der Waals surface area contributed by atoms with Crippen molar-refractivity contribution in [3.05, 3.63) is 72.3 Å². The minimum absolute atomic E-state index is 0.0797. The van der Waals surface area contributed by atoms with E-state index in [4.69, 9.17) is 9.84 Å². The smallest absolute Gasteiger partial charge is 0.407 e. The van der Waals surface area contributed by atoms with Crippen LogP contribution in [0.15, 0.2) is 61.2 Å². The number of hydrogen-bond donors (Lipinski definition) is 2. The molecule has 0 saturated heterocycles. The molecule has 1 aliphatic rings. The molecule has 2 aromatic carbocycles. The van der Waals surface area contributed by atoms with E-state index in [1.807, 2.05) is 48.5 Å². The van der Waals surface area contributed by atoms with Gasteiger partial charge in [-0.05, 0) is 22.3 Å². The normalized spacial score (nSPS) is 13.0. The van der Waals surface area contributed by atoms with Crippen LogP contribution in [0.4, 0.5) is 4.79 Å². The highest BCUT2D eigenvalue weighted by Gasteiger charge is 2.30. The number of nitrogens with zero attached hydrogens (tertiary/aromatic N) is 1. The zero-order valence-corrected chi connectivity index (χ0v) is 16.7. The molecule has 2 aromatic rings. The van der Waals surface area contributed by atoms with Gasteiger partial charge in [0.1, 0.15) is 12.6 Å². The molecule has 7 nitrogen and oxygen atoms in total. The summed E-state index contributed by atoms with van der Waals surface area (Å²) in [6.07, 6.45) is 0.150. The second kappa shape index (κ2) is 9.26. The van der Waals surface area contributed by atoms with Crippen molar-refractivity contribution in [1.82, 2.24) is 10.2 Å². The van der Waals surface area contributed by atoms with Gasteiger partial charge in [-0.3, -0.25) is 9.59 Å². The Hall–Kier alpha value is -3.61. The molecule has 0 aromatic heterocycles. The van der Waals surface area contributed by atoms with E-state index >= 15 is 0 Å². The summed E-state index contributed by atoms with van der Waals surface area (Å²) < 4.78 is 5.41. The molecule has 1 aliphatic carbocycles. The highest BCUT2D eigenvalue weighted by Crippen LogP contribution is 2.44. The molecule has 0 saturated carbocycles. The molecular formula is C23H24N2O5. The number of carboxylic acids is 1. The monoisotopic (exact) mass is 408 g/mol. The second-order valence-corrected chi connectivity index (χ2v) is 7.13. The summed E-state index contributed by atoms with van der Waals surface area (Å²) >= 11 is 0. The minimum atomic E-state index is -1.22. The molecule has 1 unspecified atom stereocenters. The fourth-order valence-corrected chi connectivity index (χ4v) is 3.71. The third-order valence-electron chi connectivity index (χ3n) is 5.09. The number of aliphatic carboxylic acids is 1. The summed E-state index contributed by atoms with van der Waals surface area (Å²) in [5.74, 6) is -1.84. The molecular weight excluding hydrogens is 384 g/mol. The zero-order valence-electron chi connectivity index (χ0n) is 16.7. The maximum Gasteiger partial charge on any atom is 0.407 e. The van der Waals surface area contributed by atoms with E-state index in [-0.39, 0.29) is 19.1 Å². The lowest BCUT2D eigenvalue weighted by molar-refractivity contribution is -0.141. The third-order valence-corrected chi connectivity index (χ3v) is 5.09. The number of hydrogen-bond acceptors (Lipinski definition) is 4. The summed E-state index contributed by atoms with van der Waals surface area (Å²) in [5.41, 5.74) is 4.34. The lowest BCUT2D eigenvalue weighted by Gasteiger charge is -2.23. The van der Waals surface area contributed by atoms with Crippen LogP contribution in [0.2, 0.25) is 0 Å². The first kappa shape index (κ1) is 21.1. The Morgan fingerprint density at radius 1 is 1.13 bits per heavy atom. The average Bonchev–Trinajstić information content (AvgIpc) is 3.05. The number of carboxylic acid groups (broad SMARTS) is 1. The molecule has 30 heavy (non-hydrogen) atoms. The van der Waals surface area contributed by atoms with Crippen molar-refractivity contribution in [2.45, 2.75) is 18.4 Å². The van der Waals surface area contributed by atoms with Crippen LogP contribution >= 0.6 is 0 Å². The SMILES string of the molecule is C=CCN(C)C(=O)C(CC(=O)O)NC(=O)OCC1c2ccccc2-c2ccccc21. The summed E-state index contributed by atoms with van der Waals surface area (Å²) in [5, 5.41) is 11.5. The van der Waals surface area contributed by atoms with Crippen LogP contribution in [0, 0.1) is 0 Å². The first-order valence-electron chi connectivity index (χ1n) is 9.61. The molecule has 2 amide bonds. The molecule has 0 bridgehead atoms. The van der Waals surface area contributed by atoms with Crippen molar-refractivity contribution >= 4 is 18.0 Å². The van der Waals surface area contributed by atoms with E-state index in [2.05, 4.69) is 11.9 Å². The van der Waals surface area contributed by atoms with Crippen LogP contribution < -0.4 is 5.32 Å². The van der Waals surface area contributed by atoms with Gasteiger partial charge < -0.3 is 20.1 Å². The van der Waals surface area contributed by atoms with Gasteiger partial charge in [-0.15, -0.1) is 6.58 Å². The van der Waals surface area contributed by atoms with Crippen LogP contribution in [0.5, 0.6) is 0 Å². The fourth-order valence-electron chi connectivity index (χ4n) is 3.71. The Labute approximate surface area is 175 Å². The van der Waals surface area contributed by atoms with Crippen molar-refractivity contribution in [3.8, 4) is 11.1 Å². The number of ether oxygens (including phenoxy) is 1. The number of alkyl carbamates (subject to hydrolysis) is 1. The predicted octanol–water partition coefficient (Wildman–Crippen LogP) is 3.01. The molecule has 3 rings (SSSR count). The van der Waals surface area contributed by atoms with E-state index in [1.165, 1.54) is 18.0 Å². The van der Waals surface area contributed by atoms with E-state index in [0.717, 1.165) is 22.3 Å². The van der Waals surface area contributed by atoms with E-state index in [1.54, 1.807) is 0 Å². The molecule has 7 heteroatoms. The van der Waals surface area contributed by atoms with Gasteiger partial charge in [-0.1, -0.05) is 54.6 Å². The number of nitrogens with one attached hydrogen (secondary N) is 1. The van der Waals surface area contributed by atoms with Crippen LogP contribution in [0.3, 0.4) is 0 Å². The lowest BCUT2D eigenvalue weighted by Crippen LogP contribution is -2.48. The Bertz CT molecular complexity index is 926. The second-order valence-electron chi connectivity index (χ2n) is 7.13. The number of carbonyl (C=O) groups is 3. The van der Waals surface area contributed by atoms with Crippen LogP contribution in [0.25, 0.3) is 11.1 Å². The van der Waals surface area contributed by atoms with Gasteiger partial charge in [-0.2, -0.15) is 0 Å². The number of likely N-dealkylation sites (N-methyl/N-ethyl adjacent to an activating group) is 1. The number of fused-ring (bicyclic) bond motifs is 3. The maximum atomic E-state index is 12.4. The van der Waals surface area contributed by atoms with Gasteiger partial charge in [0.2, 0.25) is 5.91 Å². The first-order chi connectivity index (χ1) is 14.4. The minimum Gasteiger partial charge on any atom is -0.481 e. The molecule has 0 fully saturated rings. The van der Waals surface area contributed by atoms with Gasteiger partial charge in [0.15, 0.2) is 0 Å². The van der Waals surface area contributed by atoms with E-state index in [9.17, 15) is 14.4 Å².